The first-order valence-corrected chi connectivity index (χ1v) is 4.99. The zero-order valence-electron chi connectivity index (χ0n) is 8.58. The lowest BCUT2D eigenvalue weighted by atomic mass is 9.98. The molecule has 1 aromatic rings. The third kappa shape index (κ3) is 1.52. The van der Waals surface area contributed by atoms with Crippen molar-refractivity contribution in [1.82, 2.24) is 15.1 Å². The molecule has 1 fully saturated rings. The molecule has 2 heterocycles. The van der Waals surface area contributed by atoms with E-state index in [1.807, 2.05) is 17.9 Å². The molecule has 0 bridgehead atoms. The first kappa shape index (κ1) is 9.24. The van der Waals surface area contributed by atoms with E-state index in [4.69, 9.17) is 0 Å². The van der Waals surface area contributed by atoms with Crippen molar-refractivity contribution in [3.63, 3.8) is 0 Å². The largest absolute Gasteiger partial charge is 0.355 e. The number of carbonyl (C=O) groups excluding carboxylic acids is 1. The highest BCUT2D eigenvalue weighted by molar-refractivity contribution is 5.79. The van der Waals surface area contributed by atoms with Crippen LogP contribution in [0.2, 0.25) is 0 Å². The summed E-state index contributed by atoms with van der Waals surface area (Å²) in [4.78, 5) is 11.1. The van der Waals surface area contributed by atoms with E-state index in [1.165, 1.54) is 5.56 Å². The normalized spacial score (nSPS) is 21.3. The van der Waals surface area contributed by atoms with Gasteiger partial charge < -0.3 is 5.32 Å². The number of carbonyl (C=O) groups is 1. The van der Waals surface area contributed by atoms with E-state index in [2.05, 4.69) is 17.3 Å². The Labute approximate surface area is 83.3 Å². The average Bonchev–Trinajstić information content (AvgIpc) is 2.71. The van der Waals surface area contributed by atoms with E-state index in [0.29, 0.717) is 12.3 Å². The van der Waals surface area contributed by atoms with Gasteiger partial charge >= 0.3 is 0 Å². The fourth-order valence-corrected chi connectivity index (χ4v) is 1.99. The highest BCUT2D eigenvalue weighted by atomic mass is 16.1. The molecule has 14 heavy (non-hydrogen) atoms. The zero-order valence-corrected chi connectivity index (χ0v) is 8.58. The molecule has 0 aromatic carbocycles. The van der Waals surface area contributed by atoms with Crippen LogP contribution in [0.4, 0.5) is 0 Å². The molecule has 1 atom stereocenters. The summed E-state index contributed by atoms with van der Waals surface area (Å²) < 4.78 is 1.83. The first-order chi connectivity index (χ1) is 6.70. The van der Waals surface area contributed by atoms with Gasteiger partial charge in [-0.1, -0.05) is 6.92 Å². The Bertz CT molecular complexity index is 356. The summed E-state index contributed by atoms with van der Waals surface area (Å²) in [5, 5.41) is 7.23. The van der Waals surface area contributed by atoms with Gasteiger partial charge in [-0.25, -0.2) is 0 Å². The molecule has 1 aromatic heterocycles. The van der Waals surface area contributed by atoms with Crippen molar-refractivity contribution >= 4 is 5.91 Å². The average molecular weight is 193 g/mol. The second kappa shape index (κ2) is 3.44. The van der Waals surface area contributed by atoms with Crippen LogP contribution in [-0.2, 0) is 18.3 Å². The third-order valence-corrected chi connectivity index (χ3v) is 2.69. The Morgan fingerprint density at radius 3 is 3.07 bits per heavy atom. The molecule has 0 radical (unpaired) electrons. The van der Waals surface area contributed by atoms with Gasteiger partial charge in [0.2, 0.25) is 5.91 Å². The van der Waals surface area contributed by atoms with Crippen molar-refractivity contribution in [3.05, 3.63) is 17.5 Å². The number of hydrogen-bond acceptors (Lipinski definition) is 2. The van der Waals surface area contributed by atoms with E-state index in [-0.39, 0.29) is 5.91 Å². The first-order valence-electron chi connectivity index (χ1n) is 4.99. The minimum Gasteiger partial charge on any atom is -0.355 e. The fourth-order valence-electron chi connectivity index (χ4n) is 1.99. The van der Waals surface area contributed by atoms with Crippen molar-refractivity contribution in [2.45, 2.75) is 25.7 Å². The molecule has 0 spiro atoms. The molecule has 1 unspecified atom stereocenters. The van der Waals surface area contributed by atoms with Gasteiger partial charge in [0.25, 0.3) is 0 Å². The van der Waals surface area contributed by atoms with Crippen LogP contribution in [0.25, 0.3) is 0 Å². The molecule has 4 nitrogen and oxygen atoms in total. The second-order valence-electron chi connectivity index (χ2n) is 3.76. The number of amides is 1. The number of hydrogen-bond donors (Lipinski definition) is 1. The van der Waals surface area contributed by atoms with E-state index in [1.54, 1.807) is 0 Å². The van der Waals surface area contributed by atoms with Crippen LogP contribution >= 0.6 is 0 Å². The highest BCUT2D eigenvalue weighted by Crippen LogP contribution is 2.25. The Hall–Kier alpha value is -1.32. The molecule has 0 aliphatic carbocycles. The van der Waals surface area contributed by atoms with Gasteiger partial charge in [0.15, 0.2) is 0 Å². The Morgan fingerprint density at radius 2 is 2.50 bits per heavy atom. The van der Waals surface area contributed by atoms with Gasteiger partial charge in [-0.2, -0.15) is 5.10 Å². The van der Waals surface area contributed by atoms with Gasteiger partial charge in [0, 0.05) is 32.1 Å². The SMILES string of the molecule is CCc1nn(C)cc1C1CNC(=O)C1. The maximum absolute atomic E-state index is 11.1. The minimum atomic E-state index is 0.154. The summed E-state index contributed by atoms with van der Waals surface area (Å²) >= 11 is 0. The quantitative estimate of drug-likeness (QED) is 0.747. The number of nitrogens with one attached hydrogen (secondary N) is 1. The van der Waals surface area contributed by atoms with E-state index in [9.17, 15) is 4.79 Å². The van der Waals surface area contributed by atoms with Crippen molar-refractivity contribution < 1.29 is 4.79 Å². The number of nitrogens with zero attached hydrogens (tertiary/aromatic N) is 2. The maximum Gasteiger partial charge on any atom is 0.220 e. The Morgan fingerprint density at radius 1 is 1.71 bits per heavy atom. The second-order valence-corrected chi connectivity index (χ2v) is 3.76. The van der Waals surface area contributed by atoms with Crippen LogP contribution in [0.5, 0.6) is 0 Å². The molecule has 1 saturated heterocycles. The molecule has 1 aliphatic rings. The van der Waals surface area contributed by atoms with E-state index in [0.717, 1.165) is 18.7 Å². The number of aryl methyl sites for hydroxylation is 2. The summed E-state index contributed by atoms with van der Waals surface area (Å²) in [7, 11) is 1.92. The predicted octanol–water partition coefficient (Wildman–Crippen LogP) is 0.586. The van der Waals surface area contributed by atoms with Crippen LogP contribution in [0, 0.1) is 0 Å². The molecule has 0 saturated carbocycles. The van der Waals surface area contributed by atoms with Crippen molar-refractivity contribution in [2.24, 2.45) is 7.05 Å². The smallest absolute Gasteiger partial charge is 0.220 e. The van der Waals surface area contributed by atoms with Gasteiger partial charge in [-0.3, -0.25) is 9.48 Å². The summed E-state index contributed by atoms with van der Waals surface area (Å²) in [5.74, 6) is 0.479. The van der Waals surface area contributed by atoms with Gasteiger partial charge in [-0.15, -0.1) is 0 Å². The lowest BCUT2D eigenvalue weighted by molar-refractivity contribution is -0.119. The van der Waals surface area contributed by atoms with E-state index < -0.39 is 0 Å². The monoisotopic (exact) mass is 193 g/mol. The fraction of sp³-hybridized carbons (Fsp3) is 0.600. The summed E-state index contributed by atoms with van der Waals surface area (Å²) in [6.07, 6.45) is 3.57. The molecule has 2 rings (SSSR count). The number of rotatable bonds is 2. The maximum atomic E-state index is 11.1. The van der Waals surface area contributed by atoms with Crippen LogP contribution in [0.1, 0.15) is 30.5 Å². The lowest BCUT2D eigenvalue weighted by Gasteiger charge is -2.05. The number of aromatic nitrogens is 2. The molecular formula is C10H15N3O. The lowest BCUT2D eigenvalue weighted by Crippen LogP contribution is -2.13. The third-order valence-electron chi connectivity index (χ3n) is 2.69. The molecule has 4 heteroatoms. The van der Waals surface area contributed by atoms with Crippen molar-refractivity contribution in [3.8, 4) is 0 Å². The summed E-state index contributed by atoms with van der Waals surface area (Å²) in [6.45, 7) is 2.85. The molecule has 1 N–H and O–H groups in total. The highest BCUT2D eigenvalue weighted by Gasteiger charge is 2.26. The molecular weight excluding hydrogens is 178 g/mol. The molecule has 1 aliphatic heterocycles. The van der Waals surface area contributed by atoms with Crippen LogP contribution in [0.3, 0.4) is 0 Å². The predicted molar refractivity (Wildman–Crippen MR) is 53.0 cm³/mol. The standard InChI is InChI=1S/C10H15N3O/c1-3-9-8(6-13(2)12-9)7-4-10(14)11-5-7/h6-7H,3-5H2,1-2H3,(H,11,14). The van der Waals surface area contributed by atoms with Crippen LogP contribution < -0.4 is 5.32 Å². The van der Waals surface area contributed by atoms with Crippen LogP contribution in [0.15, 0.2) is 6.20 Å². The molecule has 76 valence electrons. The van der Waals surface area contributed by atoms with Crippen molar-refractivity contribution in [1.29, 1.82) is 0 Å². The Balaban J connectivity index is 2.26. The summed E-state index contributed by atoms with van der Waals surface area (Å²) in [6, 6.07) is 0. The molecule has 1 amide bonds. The van der Waals surface area contributed by atoms with Crippen molar-refractivity contribution in [2.75, 3.05) is 6.54 Å². The topological polar surface area (TPSA) is 46.9 Å². The minimum absolute atomic E-state index is 0.154. The van der Waals surface area contributed by atoms with E-state index >= 15 is 0 Å². The van der Waals surface area contributed by atoms with Crippen LogP contribution in [-0.4, -0.2) is 22.2 Å². The Kier molecular flexibility index (Phi) is 2.27. The van der Waals surface area contributed by atoms with Gasteiger partial charge in [0.05, 0.1) is 5.69 Å². The van der Waals surface area contributed by atoms with Gasteiger partial charge in [0.1, 0.15) is 0 Å². The van der Waals surface area contributed by atoms with Gasteiger partial charge in [-0.05, 0) is 12.0 Å². The zero-order chi connectivity index (χ0) is 10.1. The summed E-state index contributed by atoms with van der Waals surface area (Å²) in [5.41, 5.74) is 2.35.